The third-order valence-corrected chi connectivity index (χ3v) is 3.82. The van der Waals surface area contributed by atoms with Gasteiger partial charge in [0.25, 0.3) is 0 Å². The maximum absolute atomic E-state index is 10.2. The van der Waals surface area contributed by atoms with E-state index in [-0.39, 0.29) is 34.3 Å². The normalized spacial score (nSPS) is 9.44. The highest BCUT2D eigenvalue weighted by Crippen LogP contribution is 2.28. The Labute approximate surface area is 181 Å². The van der Waals surface area contributed by atoms with Gasteiger partial charge in [0.1, 0.15) is 0 Å². The Morgan fingerprint density at radius 2 is 1.12 bits per heavy atom. The third-order valence-electron chi connectivity index (χ3n) is 3.82. The van der Waals surface area contributed by atoms with Gasteiger partial charge in [0.05, 0.1) is 14.8 Å². The van der Waals surface area contributed by atoms with Gasteiger partial charge in [0, 0.05) is 18.2 Å². The first kappa shape index (κ1) is 25.3. The summed E-state index contributed by atoms with van der Waals surface area (Å²) in [6, 6.07) is 14.2. The summed E-state index contributed by atoms with van der Waals surface area (Å²) < 4.78 is 0. The number of aromatic hydroxyl groups is 3. The second-order valence-electron chi connectivity index (χ2n) is 6.19. The van der Waals surface area contributed by atoms with E-state index in [0.29, 0.717) is 5.56 Å². The zero-order chi connectivity index (χ0) is 24.4. The van der Waals surface area contributed by atoms with Crippen molar-refractivity contribution >= 4 is 17.1 Å². The summed E-state index contributed by atoms with van der Waals surface area (Å²) in [5.41, 5.74) is 0.551. The number of nitro groups is 3. The molecule has 0 aliphatic heterocycles. The van der Waals surface area contributed by atoms with Crippen molar-refractivity contribution in [2.45, 2.75) is 13.8 Å². The van der Waals surface area contributed by atoms with Crippen LogP contribution in [0.25, 0.3) is 0 Å². The topological polar surface area (TPSA) is 190 Å². The summed E-state index contributed by atoms with van der Waals surface area (Å²) in [6.07, 6.45) is 0. The minimum absolute atomic E-state index is 0.245. The van der Waals surface area contributed by atoms with Crippen molar-refractivity contribution in [2.24, 2.45) is 0 Å². The number of para-hydroxylation sites is 3. The molecule has 0 amide bonds. The fraction of sp³-hybridized carbons (Fsp3) is 0.100. The van der Waals surface area contributed by atoms with Crippen LogP contribution in [0.1, 0.15) is 11.1 Å². The molecule has 3 aromatic rings. The van der Waals surface area contributed by atoms with E-state index in [1.807, 2.05) is 0 Å². The van der Waals surface area contributed by atoms with E-state index in [1.165, 1.54) is 48.5 Å². The molecule has 0 saturated heterocycles. The van der Waals surface area contributed by atoms with E-state index in [9.17, 15) is 30.3 Å². The number of nitrogens with zero attached hydrogens (tertiary/aromatic N) is 3. The standard InChI is InChI=1S/2C7H7NO3.C6H5NO3/c1-5-2-3-6(8(10)11)7(9)4-5;1-5-3-2-4-6(7(5)9)8(10)11;8-6-4-2-1-3-5(6)7(9)10/h2*2-4,9H,1H3;1-4,8H. The Morgan fingerprint density at radius 3 is 1.56 bits per heavy atom. The van der Waals surface area contributed by atoms with Crippen LogP contribution in [-0.2, 0) is 0 Å². The van der Waals surface area contributed by atoms with Crippen LogP contribution in [-0.4, -0.2) is 30.1 Å². The van der Waals surface area contributed by atoms with Crippen LogP contribution >= 0.6 is 0 Å². The third kappa shape index (κ3) is 7.26. The Kier molecular flexibility index (Phi) is 9.05. The number of hydrogen-bond donors (Lipinski definition) is 3. The lowest BCUT2D eigenvalue weighted by Gasteiger charge is -1.97. The van der Waals surface area contributed by atoms with Gasteiger partial charge in [0.15, 0.2) is 17.2 Å². The highest BCUT2D eigenvalue weighted by molar-refractivity contribution is 5.50. The van der Waals surface area contributed by atoms with Gasteiger partial charge < -0.3 is 15.3 Å². The SMILES string of the molecule is Cc1ccc([N+](=O)[O-])c(O)c1.Cc1cccc([N+](=O)[O-])c1O.O=[N+]([O-])c1ccccc1O. The molecule has 0 aliphatic rings. The van der Waals surface area contributed by atoms with Gasteiger partial charge in [-0.3, -0.25) is 30.3 Å². The Bertz CT molecular complexity index is 1130. The van der Waals surface area contributed by atoms with Crippen LogP contribution < -0.4 is 0 Å². The zero-order valence-corrected chi connectivity index (χ0v) is 16.9. The molecule has 3 rings (SSSR count). The van der Waals surface area contributed by atoms with Gasteiger partial charge in [-0.05, 0) is 37.1 Å². The van der Waals surface area contributed by atoms with Crippen LogP contribution in [0.4, 0.5) is 17.1 Å². The van der Waals surface area contributed by atoms with E-state index in [1.54, 1.807) is 26.0 Å². The second-order valence-corrected chi connectivity index (χ2v) is 6.19. The van der Waals surface area contributed by atoms with Gasteiger partial charge >= 0.3 is 17.1 Å². The Morgan fingerprint density at radius 1 is 0.625 bits per heavy atom. The monoisotopic (exact) mass is 445 g/mol. The summed E-state index contributed by atoms with van der Waals surface area (Å²) >= 11 is 0. The van der Waals surface area contributed by atoms with Gasteiger partial charge in [-0.25, -0.2) is 0 Å². The Hall–Kier alpha value is -4.74. The van der Waals surface area contributed by atoms with E-state index < -0.39 is 14.8 Å². The van der Waals surface area contributed by atoms with Crippen molar-refractivity contribution in [3.8, 4) is 17.2 Å². The summed E-state index contributed by atoms with van der Waals surface area (Å²) in [5.74, 6) is -0.833. The van der Waals surface area contributed by atoms with Crippen molar-refractivity contribution in [2.75, 3.05) is 0 Å². The number of hydrogen-bond acceptors (Lipinski definition) is 9. The minimum Gasteiger partial charge on any atom is -0.502 e. The minimum atomic E-state index is -0.630. The number of benzene rings is 3. The van der Waals surface area contributed by atoms with Gasteiger partial charge in [-0.15, -0.1) is 0 Å². The lowest BCUT2D eigenvalue weighted by atomic mass is 10.2. The predicted molar refractivity (Wildman–Crippen MR) is 114 cm³/mol. The number of phenolic OH excluding ortho intramolecular Hbond substituents is 3. The average molecular weight is 445 g/mol. The first-order valence-electron chi connectivity index (χ1n) is 8.75. The van der Waals surface area contributed by atoms with Crippen molar-refractivity contribution in [1.29, 1.82) is 0 Å². The molecule has 0 spiro atoms. The van der Waals surface area contributed by atoms with Gasteiger partial charge in [-0.2, -0.15) is 0 Å². The van der Waals surface area contributed by atoms with Crippen LogP contribution in [0.5, 0.6) is 17.2 Å². The molecule has 32 heavy (non-hydrogen) atoms. The molecule has 3 aromatic carbocycles. The molecule has 168 valence electrons. The van der Waals surface area contributed by atoms with Crippen LogP contribution in [0, 0.1) is 44.2 Å². The molecule has 0 fully saturated rings. The summed E-state index contributed by atoms with van der Waals surface area (Å²) in [6.45, 7) is 3.37. The molecule has 0 atom stereocenters. The Balaban J connectivity index is 0.000000240. The number of rotatable bonds is 3. The molecule has 0 aliphatic carbocycles. The summed E-state index contributed by atoms with van der Waals surface area (Å²) in [5, 5.41) is 57.5. The maximum Gasteiger partial charge on any atom is 0.310 e. The molecule has 3 N–H and O–H groups in total. The quantitative estimate of drug-likeness (QED) is 0.384. The predicted octanol–water partition coefficient (Wildman–Crippen LogP) is 4.52. The van der Waals surface area contributed by atoms with Crippen molar-refractivity contribution < 1.29 is 30.1 Å². The smallest absolute Gasteiger partial charge is 0.310 e. The van der Waals surface area contributed by atoms with Gasteiger partial charge in [0.2, 0.25) is 0 Å². The van der Waals surface area contributed by atoms with Gasteiger partial charge in [-0.1, -0.05) is 30.3 Å². The number of phenols is 3. The first-order valence-corrected chi connectivity index (χ1v) is 8.75. The summed E-state index contributed by atoms with van der Waals surface area (Å²) in [4.78, 5) is 28.6. The molecule has 0 heterocycles. The van der Waals surface area contributed by atoms with Crippen LogP contribution in [0.3, 0.4) is 0 Å². The fourth-order valence-corrected chi connectivity index (χ4v) is 2.20. The first-order chi connectivity index (χ1) is 15.0. The van der Waals surface area contributed by atoms with Crippen LogP contribution in [0.15, 0.2) is 60.7 Å². The maximum atomic E-state index is 10.2. The van der Waals surface area contributed by atoms with Crippen molar-refractivity contribution in [1.82, 2.24) is 0 Å². The average Bonchev–Trinajstić information content (AvgIpc) is 2.70. The van der Waals surface area contributed by atoms with Crippen molar-refractivity contribution in [3.05, 3.63) is 102 Å². The second kappa shape index (κ2) is 11.4. The molecule has 0 saturated carbocycles. The highest BCUT2D eigenvalue weighted by Gasteiger charge is 2.13. The van der Waals surface area contributed by atoms with Crippen LogP contribution in [0.2, 0.25) is 0 Å². The highest BCUT2D eigenvalue weighted by atomic mass is 16.6. The zero-order valence-electron chi connectivity index (χ0n) is 16.9. The lowest BCUT2D eigenvalue weighted by molar-refractivity contribution is -0.386. The molecule has 0 unspecified atom stereocenters. The molecular formula is C20H19N3O9. The molecule has 12 heteroatoms. The molecular weight excluding hydrogens is 426 g/mol. The van der Waals surface area contributed by atoms with E-state index in [2.05, 4.69) is 0 Å². The van der Waals surface area contributed by atoms with E-state index >= 15 is 0 Å². The number of nitro benzene ring substituents is 3. The molecule has 12 nitrogen and oxygen atoms in total. The van der Waals surface area contributed by atoms with Crippen molar-refractivity contribution in [3.63, 3.8) is 0 Å². The van der Waals surface area contributed by atoms with E-state index in [4.69, 9.17) is 15.3 Å². The van der Waals surface area contributed by atoms with E-state index in [0.717, 1.165) is 5.56 Å². The fourth-order valence-electron chi connectivity index (χ4n) is 2.20. The molecule has 0 bridgehead atoms. The summed E-state index contributed by atoms with van der Waals surface area (Å²) in [7, 11) is 0. The molecule has 0 radical (unpaired) electrons. The lowest BCUT2D eigenvalue weighted by Crippen LogP contribution is -1.88. The molecule has 0 aromatic heterocycles. The largest absolute Gasteiger partial charge is 0.502 e. The number of aryl methyl sites for hydroxylation is 2.